The Hall–Kier alpha value is -2.31. The fourth-order valence-corrected chi connectivity index (χ4v) is 5.19. The molecule has 0 amide bonds. The van der Waals surface area contributed by atoms with Crippen LogP contribution in [0.5, 0.6) is 0 Å². The number of nitrogen functional groups attached to an aromatic ring is 1. The Balaban J connectivity index is 1.51. The number of pyridine rings is 2. The van der Waals surface area contributed by atoms with Gasteiger partial charge in [0.1, 0.15) is 10.6 Å². The Labute approximate surface area is 155 Å². The maximum absolute atomic E-state index is 10.9. The molecule has 0 unspecified atom stereocenters. The zero-order valence-corrected chi connectivity index (χ0v) is 15.4. The molecule has 3 aromatic heterocycles. The first-order chi connectivity index (χ1) is 12.5. The Kier molecular flexibility index (Phi) is 3.27. The molecule has 6 heteroatoms. The molecule has 2 aliphatic carbocycles. The molecule has 26 heavy (non-hydrogen) atoms. The third-order valence-corrected chi connectivity index (χ3v) is 6.89. The van der Waals surface area contributed by atoms with Crippen molar-refractivity contribution in [2.45, 2.75) is 31.3 Å². The first-order valence-corrected chi connectivity index (χ1v) is 9.64. The van der Waals surface area contributed by atoms with Crippen molar-refractivity contribution in [3.05, 3.63) is 40.9 Å². The number of nitrogens with two attached hydrogens (primary N) is 1. The van der Waals surface area contributed by atoms with Crippen molar-refractivity contribution in [2.24, 2.45) is 10.4 Å². The van der Waals surface area contributed by atoms with Gasteiger partial charge in [0, 0.05) is 40.8 Å². The highest BCUT2D eigenvalue weighted by Gasteiger charge is 2.61. The summed E-state index contributed by atoms with van der Waals surface area (Å²) in [6.07, 6.45) is 7.80. The van der Waals surface area contributed by atoms with Crippen LogP contribution in [0.25, 0.3) is 21.5 Å². The van der Waals surface area contributed by atoms with Crippen molar-refractivity contribution < 1.29 is 5.11 Å². The van der Waals surface area contributed by atoms with Crippen molar-refractivity contribution in [2.75, 3.05) is 12.8 Å². The van der Waals surface area contributed by atoms with Crippen LogP contribution in [0.15, 0.2) is 35.5 Å². The van der Waals surface area contributed by atoms with Crippen LogP contribution in [-0.2, 0) is 5.60 Å². The molecule has 3 N–H and O–H groups in total. The van der Waals surface area contributed by atoms with Crippen LogP contribution in [0.1, 0.15) is 36.1 Å². The number of hydrogen-bond acceptors (Lipinski definition) is 6. The zero-order chi connectivity index (χ0) is 17.9. The molecule has 0 saturated heterocycles. The standard InChI is InChI=1S/C20H20N4OS/c1-22-8-14-6-13(9-23-17(14)21)15-3-2-12-7-16(26-18(12)24-15)20(25)10-19(11-20)4-5-19/h2-3,6-9,25H,4-5,10-11H2,1H3,(H2,21,23). The maximum Gasteiger partial charge on any atom is 0.132 e. The number of aromatic nitrogens is 2. The Morgan fingerprint density at radius 2 is 2.08 bits per heavy atom. The zero-order valence-electron chi connectivity index (χ0n) is 14.6. The van der Waals surface area contributed by atoms with E-state index in [1.807, 2.05) is 12.1 Å². The van der Waals surface area contributed by atoms with Gasteiger partial charge in [0.15, 0.2) is 0 Å². The van der Waals surface area contributed by atoms with Crippen molar-refractivity contribution >= 4 is 33.6 Å². The van der Waals surface area contributed by atoms with E-state index in [9.17, 15) is 5.11 Å². The molecular formula is C20H20N4OS. The molecule has 3 heterocycles. The first-order valence-electron chi connectivity index (χ1n) is 8.82. The minimum Gasteiger partial charge on any atom is -0.384 e. The summed E-state index contributed by atoms with van der Waals surface area (Å²) >= 11 is 1.60. The van der Waals surface area contributed by atoms with E-state index in [4.69, 9.17) is 10.7 Å². The summed E-state index contributed by atoms with van der Waals surface area (Å²) in [6, 6.07) is 8.11. The number of anilines is 1. The molecule has 0 radical (unpaired) electrons. The smallest absolute Gasteiger partial charge is 0.132 e. The second-order valence-corrected chi connectivity index (χ2v) is 8.70. The summed E-state index contributed by atoms with van der Waals surface area (Å²) in [6.45, 7) is 0. The van der Waals surface area contributed by atoms with Gasteiger partial charge in [-0.3, -0.25) is 4.99 Å². The van der Waals surface area contributed by atoms with E-state index in [0.717, 1.165) is 44.8 Å². The number of aliphatic hydroxyl groups is 1. The molecular weight excluding hydrogens is 344 g/mol. The lowest BCUT2D eigenvalue weighted by atomic mass is 9.67. The van der Waals surface area contributed by atoms with Crippen molar-refractivity contribution in [3.63, 3.8) is 0 Å². The quantitative estimate of drug-likeness (QED) is 0.693. The van der Waals surface area contributed by atoms with Gasteiger partial charge in [-0.05, 0) is 55.4 Å². The minimum absolute atomic E-state index is 0.455. The normalized spacial score (nSPS) is 19.9. The Bertz CT molecular complexity index is 1040. The lowest BCUT2D eigenvalue weighted by Gasteiger charge is -2.43. The highest BCUT2D eigenvalue weighted by Crippen LogP contribution is 2.68. The molecule has 0 bridgehead atoms. The molecule has 0 atom stereocenters. The number of nitrogens with zero attached hydrogens (tertiary/aromatic N) is 3. The molecule has 2 aliphatic rings. The summed E-state index contributed by atoms with van der Waals surface area (Å²) in [7, 11) is 1.71. The minimum atomic E-state index is -0.643. The monoisotopic (exact) mass is 364 g/mol. The lowest BCUT2D eigenvalue weighted by molar-refractivity contribution is -0.0887. The largest absolute Gasteiger partial charge is 0.384 e. The lowest BCUT2D eigenvalue weighted by Crippen LogP contribution is -2.41. The molecule has 2 fully saturated rings. The van der Waals surface area contributed by atoms with Gasteiger partial charge in [0.2, 0.25) is 0 Å². The molecule has 0 aliphatic heterocycles. The predicted molar refractivity (Wildman–Crippen MR) is 106 cm³/mol. The number of rotatable bonds is 3. The third-order valence-electron chi connectivity index (χ3n) is 5.65. The number of thiophene rings is 1. The van der Waals surface area contributed by atoms with Gasteiger partial charge >= 0.3 is 0 Å². The average molecular weight is 364 g/mol. The summed E-state index contributed by atoms with van der Waals surface area (Å²) in [4.78, 5) is 15.1. The molecule has 2 saturated carbocycles. The molecule has 132 valence electrons. The predicted octanol–water partition coefficient (Wildman–Crippen LogP) is 3.75. The number of hydrogen-bond donors (Lipinski definition) is 2. The maximum atomic E-state index is 10.9. The SMILES string of the molecule is CN=Cc1cc(-c2ccc3cc(C4(O)CC5(CC5)C4)sc3n2)cnc1N. The van der Waals surface area contributed by atoms with Crippen molar-refractivity contribution in [3.8, 4) is 11.3 Å². The molecule has 5 nitrogen and oxygen atoms in total. The number of aliphatic imine (C=N–C) groups is 1. The van der Waals surface area contributed by atoms with Gasteiger partial charge in [-0.15, -0.1) is 11.3 Å². The summed E-state index contributed by atoms with van der Waals surface area (Å²) in [5.74, 6) is 0.458. The van der Waals surface area contributed by atoms with Gasteiger partial charge in [-0.25, -0.2) is 9.97 Å². The van der Waals surface area contributed by atoms with Crippen LogP contribution in [-0.4, -0.2) is 28.3 Å². The Morgan fingerprint density at radius 3 is 2.81 bits per heavy atom. The van der Waals surface area contributed by atoms with Gasteiger partial charge in [-0.1, -0.05) is 0 Å². The topological polar surface area (TPSA) is 84.4 Å². The van der Waals surface area contributed by atoms with Crippen molar-refractivity contribution in [1.82, 2.24) is 9.97 Å². The first kappa shape index (κ1) is 15.9. The van der Waals surface area contributed by atoms with E-state index in [1.165, 1.54) is 12.8 Å². The van der Waals surface area contributed by atoms with Crippen LogP contribution in [0, 0.1) is 5.41 Å². The van der Waals surface area contributed by atoms with E-state index < -0.39 is 5.60 Å². The van der Waals surface area contributed by atoms with E-state index in [0.29, 0.717) is 11.2 Å². The second-order valence-electron chi connectivity index (χ2n) is 7.67. The van der Waals surface area contributed by atoms with Gasteiger partial charge in [0.25, 0.3) is 0 Å². The summed E-state index contributed by atoms with van der Waals surface area (Å²) < 4.78 is 0. The van der Waals surface area contributed by atoms with Gasteiger partial charge < -0.3 is 10.8 Å². The van der Waals surface area contributed by atoms with E-state index in [2.05, 4.69) is 22.1 Å². The molecule has 3 aromatic rings. The van der Waals surface area contributed by atoms with Crippen LogP contribution >= 0.6 is 11.3 Å². The fraction of sp³-hybridized carbons (Fsp3) is 0.350. The third kappa shape index (κ3) is 2.44. The molecule has 1 spiro atoms. The average Bonchev–Trinajstić information content (AvgIpc) is 3.25. The summed E-state index contributed by atoms with van der Waals surface area (Å²) in [5.41, 5.74) is 8.25. The van der Waals surface area contributed by atoms with Crippen LogP contribution in [0.3, 0.4) is 0 Å². The summed E-state index contributed by atoms with van der Waals surface area (Å²) in [5, 5.41) is 12.0. The number of fused-ring (bicyclic) bond motifs is 1. The van der Waals surface area contributed by atoms with Crippen LogP contribution in [0.2, 0.25) is 0 Å². The van der Waals surface area contributed by atoms with E-state index in [1.54, 1.807) is 30.8 Å². The molecule has 5 rings (SSSR count). The highest BCUT2D eigenvalue weighted by molar-refractivity contribution is 7.18. The second kappa shape index (κ2) is 5.34. The van der Waals surface area contributed by atoms with Crippen LogP contribution < -0.4 is 5.73 Å². The Morgan fingerprint density at radius 1 is 1.27 bits per heavy atom. The van der Waals surface area contributed by atoms with Gasteiger partial charge in [0.05, 0.1) is 11.3 Å². The van der Waals surface area contributed by atoms with Crippen LogP contribution in [0.4, 0.5) is 5.82 Å². The fourth-order valence-electron chi connectivity index (χ4n) is 4.08. The highest BCUT2D eigenvalue weighted by atomic mass is 32.1. The van der Waals surface area contributed by atoms with Gasteiger partial charge in [-0.2, -0.15) is 0 Å². The van der Waals surface area contributed by atoms with E-state index >= 15 is 0 Å². The van der Waals surface area contributed by atoms with Crippen molar-refractivity contribution in [1.29, 1.82) is 0 Å². The van der Waals surface area contributed by atoms with E-state index in [-0.39, 0.29) is 0 Å². The molecule has 0 aromatic carbocycles.